The van der Waals surface area contributed by atoms with Crippen molar-refractivity contribution in [1.82, 2.24) is 9.21 Å². The molecule has 1 atom stereocenters. The Labute approximate surface area is 145 Å². The molecule has 1 amide bonds. The molecule has 1 saturated heterocycles. The Morgan fingerprint density at radius 2 is 1.67 bits per heavy atom. The van der Waals surface area contributed by atoms with Crippen LogP contribution in [-0.2, 0) is 10.0 Å². The first kappa shape index (κ1) is 18.9. The van der Waals surface area contributed by atoms with E-state index in [1.165, 1.54) is 9.87 Å². The average molecular weight is 353 g/mol. The maximum Gasteiger partial charge on any atom is 0.253 e. The van der Waals surface area contributed by atoms with Crippen molar-refractivity contribution < 1.29 is 13.2 Å². The van der Waals surface area contributed by atoms with Gasteiger partial charge in [-0.25, -0.2) is 8.42 Å². The second-order valence-corrected chi connectivity index (χ2v) is 8.53. The topological polar surface area (TPSA) is 57.7 Å². The van der Waals surface area contributed by atoms with E-state index in [9.17, 15) is 13.2 Å². The van der Waals surface area contributed by atoms with Crippen molar-refractivity contribution in [3.63, 3.8) is 0 Å². The highest BCUT2D eigenvalue weighted by Gasteiger charge is 2.28. The van der Waals surface area contributed by atoms with Crippen LogP contribution in [-0.4, -0.2) is 55.5 Å². The first-order valence-corrected chi connectivity index (χ1v) is 10.4. The van der Waals surface area contributed by atoms with Crippen molar-refractivity contribution in [1.29, 1.82) is 0 Å². The zero-order chi connectivity index (χ0) is 17.7. The fourth-order valence-electron chi connectivity index (χ4n) is 2.93. The summed E-state index contributed by atoms with van der Waals surface area (Å²) in [6.45, 7) is 7.87. The molecule has 0 bridgehead atoms. The molecular weight excluding hydrogens is 324 g/mol. The van der Waals surface area contributed by atoms with Crippen molar-refractivity contribution in [2.24, 2.45) is 0 Å². The maximum absolute atomic E-state index is 12.6. The van der Waals surface area contributed by atoms with Gasteiger partial charge in [0.25, 0.3) is 5.91 Å². The van der Waals surface area contributed by atoms with Gasteiger partial charge in [-0.1, -0.05) is 32.9 Å². The molecule has 0 N–H and O–H groups in total. The van der Waals surface area contributed by atoms with E-state index >= 15 is 0 Å². The smallest absolute Gasteiger partial charge is 0.253 e. The molecule has 2 rings (SSSR count). The van der Waals surface area contributed by atoms with Crippen LogP contribution in [0.5, 0.6) is 0 Å². The molecule has 1 aromatic carbocycles. The summed E-state index contributed by atoms with van der Waals surface area (Å²) >= 11 is 0. The Kier molecular flexibility index (Phi) is 6.40. The maximum atomic E-state index is 12.6. The molecule has 0 radical (unpaired) electrons. The summed E-state index contributed by atoms with van der Waals surface area (Å²) in [5.74, 6) is 0.651. The van der Waals surface area contributed by atoms with Crippen LogP contribution in [0.2, 0.25) is 0 Å². The van der Waals surface area contributed by atoms with Crippen molar-refractivity contribution >= 4 is 15.9 Å². The molecule has 1 aliphatic rings. The van der Waals surface area contributed by atoms with Crippen molar-refractivity contribution in [3.8, 4) is 0 Å². The normalized spacial score (nSPS) is 17.7. The summed E-state index contributed by atoms with van der Waals surface area (Å²) in [6.07, 6.45) is 1.69. The van der Waals surface area contributed by atoms with Gasteiger partial charge >= 0.3 is 0 Å². The molecule has 1 aromatic rings. The molecule has 0 aromatic heterocycles. The summed E-state index contributed by atoms with van der Waals surface area (Å²) < 4.78 is 25.7. The number of carbonyl (C=O) groups is 1. The van der Waals surface area contributed by atoms with E-state index in [2.05, 4.69) is 13.8 Å². The van der Waals surface area contributed by atoms with E-state index < -0.39 is 10.0 Å². The molecule has 0 aliphatic carbocycles. The molecule has 24 heavy (non-hydrogen) atoms. The summed E-state index contributed by atoms with van der Waals surface area (Å²) in [6, 6.07) is 7.79. The number of amides is 1. The summed E-state index contributed by atoms with van der Waals surface area (Å²) in [7, 11) is -3.17. The molecule has 134 valence electrons. The minimum absolute atomic E-state index is 0.0155. The third kappa shape index (κ3) is 4.36. The van der Waals surface area contributed by atoms with Gasteiger partial charge in [0.15, 0.2) is 0 Å². The summed E-state index contributed by atoms with van der Waals surface area (Å²) in [5, 5.41) is 0. The minimum atomic E-state index is -3.17. The molecule has 1 fully saturated rings. The predicted molar refractivity (Wildman–Crippen MR) is 96.7 cm³/mol. The van der Waals surface area contributed by atoms with Crippen LogP contribution >= 0.6 is 0 Å². The zero-order valence-corrected chi connectivity index (χ0v) is 15.7. The van der Waals surface area contributed by atoms with Gasteiger partial charge in [0.2, 0.25) is 10.0 Å². The van der Waals surface area contributed by atoms with E-state index in [1.54, 1.807) is 4.90 Å². The minimum Gasteiger partial charge on any atom is -0.336 e. The van der Waals surface area contributed by atoms with Crippen LogP contribution in [0.25, 0.3) is 0 Å². The molecule has 1 unspecified atom stereocenters. The molecule has 6 heteroatoms. The van der Waals surface area contributed by atoms with E-state index in [0.717, 1.165) is 6.42 Å². The number of rotatable bonds is 6. The lowest BCUT2D eigenvalue weighted by Crippen LogP contribution is -2.51. The van der Waals surface area contributed by atoms with Gasteiger partial charge in [0.1, 0.15) is 0 Å². The van der Waals surface area contributed by atoms with Crippen LogP contribution in [0.1, 0.15) is 55.5 Å². The Bertz CT molecular complexity index is 647. The number of benzene rings is 1. The van der Waals surface area contributed by atoms with Gasteiger partial charge in [-0.15, -0.1) is 0 Å². The SMILES string of the molecule is CCCS(=O)(=O)N1CCN(C(=O)c2ccc(C(C)CC)cc2)CC1. The lowest BCUT2D eigenvalue weighted by molar-refractivity contribution is 0.0698. The van der Waals surface area contributed by atoms with Gasteiger partial charge in [-0.05, 0) is 36.5 Å². The van der Waals surface area contributed by atoms with E-state index in [-0.39, 0.29) is 11.7 Å². The third-order valence-corrected chi connectivity index (χ3v) is 6.80. The Morgan fingerprint density at radius 3 is 2.17 bits per heavy atom. The monoisotopic (exact) mass is 352 g/mol. The molecule has 0 saturated carbocycles. The number of carbonyl (C=O) groups excluding carboxylic acids is 1. The first-order valence-electron chi connectivity index (χ1n) is 8.76. The van der Waals surface area contributed by atoms with E-state index in [1.807, 2.05) is 31.2 Å². The Balaban J connectivity index is 1.98. The molecule has 0 spiro atoms. The molecule has 1 aliphatic heterocycles. The second kappa shape index (κ2) is 8.12. The number of hydrogen-bond donors (Lipinski definition) is 0. The van der Waals surface area contributed by atoms with Gasteiger partial charge < -0.3 is 4.90 Å². The number of nitrogens with zero attached hydrogens (tertiary/aromatic N) is 2. The largest absolute Gasteiger partial charge is 0.336 e. The average Bonchev–Trinajstić information content (AvgIpc) is 2.60. The third-order valence-electron chi connectivity index (χ3n) is 4.72. The van der Waals surface area contributed by atoms with E-state index in [4.69, 9.17) is 0 Å². The van der Waals surface area contributed by atoms with Crippen LogP contribution in [0.4, 0.5) is 0 Å². The highest BCUT2D eigenvalue weighted by Crippen LogP contribution is 2.20. The molecule has 5 nitrogen and oxygen atoms in total. The van der Waals surface area contributed by atoms with Crippen molar-refractivity contribution in [2.75, 3.05) is 31.9 Å². The summed E-state index contributed by atoms with van der Waals surface area (Å²) in [4.78, 5) is 14.3. The lowest BCUT2D eigenvalue weighted by atomic mass is 9.97. The standard InChI is InChI=1S/C18H28N2O3S/c1-4-14-24(22,23)20-12-10-19(11-13-20)18(21)17-8-6-16(7-9-17)15(3)5-2/h6-9,15H,4-5,10-14H2,1-3H3. The Morgan fingerprint density at radius 1 is 1.08 bits per heavy atom. The number of sulfonamides is 1. The van der Waals surface area contributed by atoms with Gasteiger partial charge in [-0.3, -0.25) is 4.79 Å². The van der Waals surface area contributed by atoms with Crippen molar-refractivity contribution in [2.45, 2.75) is 39.5 Å². The fourth-order valence-corrected chi connectivity index (χ4v) is 4.42. The van der Waals surface area contributed by atoms with Crippen LogP contribution < -0.4 is 0 Å². The molecular formula is C18H28N2O3S. The highest BCUT2D eigenvalue weighted by atomic mass is 32.2. The van der Waals surface area contributed by atoms with Gasteiger partial charge in [-0.2, -0.15) is 4.31 Å². The van der Waals surface area contributed by atoms with E-state index in [0.29, 0.717) is 44.1 Å². The first-order chi connectivity index (χ1) is 11.4. The Hall–Kier alpha value is -1.40. The van der Waals surface area contributed by atoms with Crippen molar-refractivity contribution in [3.05, 3.63) is 35.4 Å². The second-order valence-electron chi connectivity index (χ2n) is 6.44. The number of piperazine rings is 1. The summed E-state index contributed by atoms with van der Waals surface area (Å²) in [5.41, 5.74) is 1.91. The highest BCUT2D eigenvalue weighted by molar-refractivity contribution is 7.89. The number of hydrogen-bond acceptors (Lipinski definition) is 3. The fraction of sp³-hybridized carbons (Fsp3) is 0.611. The lowest BCUT2D eigenvalue weighted by Gasteiger charge is -2.34. The zero-order valence-electron chi connectivity index (χ0n) is 14.9. The van der Waals surface area contributed by atoms with Crippen LogP contribution in [0.3, 0.4) is 0 Å². The predicted octanol–water partition coefficient (Wildman–Crippen LogP) is 2.70. The quantitative estimate of drug-likeness (QED) is 0.791. The van der Waals surface area contributed by atoms with Crippen LogP contribution in [0, 0.1) is 0 Å². The molecule has 1 heterocycles. The van der Waals surface area contributed by atoms with Gasteiger partial charge in [0, 0.05) is 31.7 Å². The van der Waals surface area contributed by atoms with Crippen LogP contribution in [0.15, 0.2) is 24.3 Å². The van der Waals surface area contributed by atoms with Gasteiger partial charge in [0.05, 0.1) is 5.75 Å².